The highest BCUT2D eigenvalue weighted by Crippen LogP contribution is 2.43. The summed E-state index contributed by atoms with van der Waals surface area (Å²) >= 11 is 0. The summed E-state index contributed by atoms with van der Waals surface area (Å²) in [5.41, 5.74) is 2.27. The number of aliphatic imine (C=N–C) groups is 1. The van der Waals surface area contributed by atoms with Crippen LogP contribution in [-0.2, 0) is 9.47 Å². The molecule has 1 fully saturated rings. The van der Waals surface area contributed by atoms with Crippen LogP contribution < -0.4 is 9.64 Å². The Bertz CT molecular complexity index is 1280. The van der Waals surface area contributed by atoms with Gasteiger partial charge in [-0.2, -0.15) is 13.2 Å². The molecule has 222 valence electrons. The van der Waals surface area contributed by atoms with E-state index in [1.807, 2.05) is 40.1 Å². The number of nitrogens with zero attached hydrogens (tertiary/aromatic N) is 4. The predicted octanol–water partition coefficient (Wildman–Crippen LogP) is 5.79. The molecule has 2 aliphatic heterocycles. The van der Waals surface area contributed by atoms with Crippen molar-refractivity contribution in [1.82, 2.24) is 9.80 Å². The maximum absolute atomic E-state index is 15.3. The van der Waals surface area contributed by atoms with Crippen molar-refractivity contribution >= 4 is 11.6 Å². The number of piperazine rings is 1. The van der Waals surface area contributed by atoms with Gasteiger partial charge in [0.25, 0.3) is 0 Å². The smallest absolute Gasteiger partial charge is 0.395 e. The Labute approximate surface area is 238 Å². The van der Waals surface area contributed by atoms with Crippen LogP contribution in [0.5, 0.6) is 5.75 Å². The SMILES string of the molecule is COCC[C@H]1C2=CCCC(F)=C2N=C(N2CCN(c3cccc(OC)c3)CC2)N1C1=CC(C(F)(F)F)CC=C1OC. The molecular weight excluding hydrogens is 540 g/mol. The first kappa shape index (κ1) is 29.0. The quantitative estimate of drug-likeness (QED) is 0.383. The van der Waals surface area contributed by atoms with E-state index in [1.54, 1.807) is 14.2 Å². The normalized spacial score (nSPS) is 23.4. The van der Waals surface area contributed by atoms with Crippen LogP contribution in [-0.4, -0.2) is 82.1 Å². The van der Waals surface area contributed by atoms with Gasteiger partial charge < -0.3 is 28.9 Å². The van der Waals surface area contributed by atoms with Crippen molar-refractivity contribution in [2.45, 2.75) is 37.9 Å². The maximum atomic E-state index is 15.3. The number of allylic oxidation sites excluding steroid dienone is 4. The average Bonchev–Trinajstić information content (AvgIpc) is 2.99. The lowest BCUT2D eigenvalue weighted by molar-refractivity contribution is -0.161. The summed E-state index contributed by atoms with van der Waals surface area (Å²) in [4.78, 5) is 10.9. The number of guanidine groups is 1. The fourth-order valence-electron chi connectivity index (χ4n) is 5.86. The number of anilines is 1. The van der Waals surface area contributed by atoms with Gasteiger partial charge in [0.1, 0.15) is 23.0 Å². The molecule has 2 aliphatic carbocycles. The molecule has 0 amide bonds. The van der Waals surface area contributed by atoms with E-state index in [2.05, 4.69) is 4.90 Å². The summed E-state index contributed by atoms with van der Waals surface area (Å²) in [6, 6.07) is 7.34. The second-order valence-electron chi connectivity index (χ2n) is 10.4. The molecule has 0 bridgehead atoms. The fraction of sp³-hybridized carbons (Fsp3) is 0.500. The van der Waals surface area contributed by atoms with Crippen molar-refractivity contribution in [2.24, 2.45) is 10.9 Å². The zero-order valence-electron chi connectivity index (χ0n) is 23.6. The number of ether oxygens (including phenoxy) is 3. The Morgan fingerprint density at radius 3 is 2.44 bits per heavy atom. The number of halogens is 4. The van der Waals surface area contributed by atoms with Crippen LogP contribution in [0.1, 0.15) is 25.7 Å². The molecule has 1 aromatic rings. The molecule has 2 heterocycles. The first-order valence-corrected chi connectivity index (χ1v) is 13.9. The van der Waals surface area contributed by atoms with Gasteiger partial charge in [0.05, 0.1) is 31.9 Å². The van der Waals surface area contributed by atoms with E-state index < -0.39 is 18.1 Å². The fourth-order valence-corrected chi connectivity index (χ4v) is 5.86. The Kier molecular flexibility index (Phi) is 8.63. The number of hydrogen-bond donors (Lipinski definition) is 0. The van der Waals surface area contributed by atoms with E-state index in [9.17, 15) is 13.2 Å². The molecule has 0 spiro atoms. The van der Waals surface area contributed by atoms with E-state index in [4.69, 9.17) is 19.2 Å². The molecule has 1 unspecified atom stereocenters. The lowest BCUT2D eigenvalue weighted by atomic mass is 9.89. The molecular formula is C30H36F4N4O3. The molecule has 4 aliphatic rings. The Hall–Kier alpha value is -3.47. The van der Waals surface area contributed by atoms with E-state index in [-0.39, 0.29) is 24.4 Å². The number of alkyl halides is 3. The van der Waals surface area contributed by atoms with Crippen molar-refractivity contribution in [2.75, 3.05) is 59.0 Å². The largest absolute Gasteiger partial charge is 0.497 e. The van der Waals surface area contributed by atoms with Crippen LogP contribution in [0.2, 0.25) is 0 Å². The first-order valence-electron chi connectivity index (χ1n) is 13.9. The molecule has 5 rings (SSSR count). The molecule has 0 saturated carbocycles. The van der Waals surface area contributed by atoms with Crippen LogP contribution in [0, 0.1) is 5.92 Å². The molecule has 0 aromatic heterocycles. The van der Waals surface area contributed by atoms with Gasteiger partial charge >= 0.3 is 6.18 Å². The Morgan fingerprint density at radius 2 is 1.76 bits per heavy atom. The Morgan fingerprint density at radius 1 is 1.00 bits per heavy atom. The summed E-state index contributed by atoms with van der Waals surface area (Å²) in [6.07, 6.45) is 1.23. The zero-order chi connectivity index (χ0) is 29.1. The summed E-state index contributed by atoms with van der Waals surface area (Å²) in [7, 11) is 4.66. The topological polar surface area (TPSA) is 49.8 Å². The van der Waals surface area contributed by atoms with Gasteiger partial charge in [-0.1, -0.05) is 12.1 Å². The van der Waals surface area contributed by atoms with E-state index in [0.717, 1.165) is 11.4 Å². The minimum absolute atomic E-state index is 0.207. The van der Waals surface area contributed by atoms with Gasteiger partial charge in [0.2, 0.25) is 5.96 Å². The molecule has 0 radical (unpaired) electrons. The lowest BCUT2D eigenvalue weighted by Gasteiger charge is -2.47. The van der Waals surface area contributed by atoms with Crippen LogP contribution in [0.15, 0.2) is 76.0 Å². The van der Waals surface area contributed by atoms with Gasteiger partial charge in [-0.3, -0.25) is 0 Å². The second-order valence-corrected chi connectivity index (χ2v) is 10.4. The lowest BCUT2D eigenvalue weighted by Crippen LogP contribution is -2.57. The van der Waals surface area contributed by atoms with Gasteiger partial charge in [0.15, 0.2) is 0 Å². The van der Waals surface area contributed by atoms with Crippen LogP contribution in [0.3, 0.4) is 0 Å². The number of methoxy groups -OCH3 is 3. The summed E-state index contributed by atoms with van der Waals surface area (Å²) in [5.74, 6) is -0.433. The summed E-state index contributed by atoms with van der Waals surface area (Å²) < 4.78 is 73.6. The number of benzene rings is 1. The van der Waals surface area contributed by atoms with Gasteiger partial charge in [-0.15, -0.1) is 0 Å². The van der Waals surface area contributed by atoms with E-state index in [0.29, 0.717) is 68.6 Å². The minimum atomic E-state index is -4.42. The monoisotopic (exact) mass is 576 g/mol. The van der Waals surface area contributed by atoms with Crippen molar-refractivity contribution < 1.29 is 31.8 Å². The van der Waals surface area contributed by atoms with Gasteiger partial charge in [-0.25, -0.2) is 9.38 Å². The van der Waals surface area contributed by atoms with Gasteiger partial charge in [-0.05, 0) is 49.1 Å². The highest BCUT2D eigenvalue weighted by atomic mass is 19.4. The van der Waals surface area contributed by atoms with E-state index >= 15 is 4.39 Å². The third-order valence-electron chi connectivity index (χ3n) is 8.00. The summed E-state index contributed by atoms with van der Waals surface area (Å²) in [6.45, 7) is 2.71. The predicted molar refractivity (Wildman–Crippen MR) is 149 cm³/mol. The molecule has 41 heavy (non-hydrogen) atoms. The molecule has 11 heteroatoms. The first-order chi connectivity index (χ1) is 19.7. The molecule has 1 aromatic carbocycles. The third kappa shape index (κ3) is 5.95. The third-order valence-corrected chi connectivity index (χ3v) is 8.00. The second kappa shape index (κ2) is 12.2. The minimum Gasteiger partial charge on any atom is -0.497 e. The van der Waals surface area contributed by atoms with Crippen LogP contribution in [0.4, 0.5) is 23.2 Å². The van der Waals surface area contributed by atoms with Gasteiger partial charge in [0, 0.05) is 58.1 Å². The van der Waals surface area contributed by atoms with E-state index in [1.165, 1.54) is 19.3 Å². The molecule has 0 N–H and O–H groups in total. The summed E-state index contributed by atoms with van der Waals surface area (Å²) in [5, 5.41) is 0. The van der Waals surface area contributed by atoms with Crippen molar-refractivity contribution in [1.29, 1.82) is 0 Å². The van der Waals surface area contributed by atoms with Crippen molar-refractivity contribution in [3.63, 3.8) is 0 Å². The average molecular weight is 577 g/mol. The van der Waals surface area contributed by atoms with Crippen LogP contribution in [0.25, 0.3) is 0 Å². The standard InChI is InChI=1S/C30H36F4N4O3/c1-39-17-12-25-23-8-5-9-24(31)28(23)35-29(38(25)26-18-20(30(32,33)34)10-11-27(26)41-3)37-15-13-36(14-16-37)21-6-4-7-22(19-21)40-2/h4,6-8,11,18-20,25H,5,9-10,12-17H2,1-3H3/t20?,25-/m0/s1. The highest BCUT2D eigenvalue weighted by molar-refractivity contribution is 5.87. The molecule has 7 nitrogen and oxygen atoms in total. The zero-order valence-corrected chi connectivity index (χ0v) is 23.6. The van der Waals surface area contributed by atoms with Crippen molar-refractivity contribution in [3.05, 3.63) is 71.0 Å². The molecule has 2 atom stereocenters. The van der Waals surface area contributed by atoms with Crippen LogP contribution >= 0.6 is 0 Å². The highest BCUT2D eigenvalue weighted by Gasteiger charge is 2.45. The maximum Gasteiger partial charge on any atom is 0.395 e. The number of hydrogen-bond acceptors (Lipinski definition) is 7. The molecule has 1 saturated heterocycles. The number of fused-ring (bicyclic) bond motifs is 1. The Balaban J connectivity index is 1.55. The van der Waals surface area contributed by atoms with Crippen molar-refractivity contribution in [3.8, 4) is 5.75 Å². The number of rotatable bonds is 7.